The van der Waals surface area contributed by atoms with Crippen LogP contribution in [0.1, 0.15) is 30.5 Å². The van der Waals surface area contributed by atoms with Crippen molar-refractivity contribution in [3.63, 3.8) is 0 Å². The molecular formula is C12H15N3OS. The zero-order valence-corrected chi connectivity index (χ0v) is 10.7. The predicted octanol–water partition coefficient (Wildman–Crippen LogP) is 2.98. The molecule has 0 saturated heterocycles. The highest BCUT2D eigenvalue weighted by Gasteiger charge is 2.08. The number of nitrogens with zero attached hydrogens (tertiary/aromatic N) is 2. The molecular weight excluding hydrogens is 234 g/mol. The van der Waals surface area contributed by atoms with Crippen LogP contribution in [0.25, 0.3) is 0 Å². The molecule has 17 heavy (non-hydrogen) atoms. The Hall–Kier alpha value is -1.62. The molecule has 1 unspecified atom stereocenters. The molecule has 4 nitrogen and oxygen atoms in total. The van der Waals surface area contributed by atoms with E-state index in [9.17, 15) is 5.11 Å². The molecule has 5 heteroatoms. The number of benzene rings is 1. The minimum atomic E-state index is 0.147. The van der Waals surface area contributed by atoms with Crippen molar-refractivity contribution < 1.29 is 5.11 Å². The lowest BCUT2D eigenvalue weighted by Gasteiger charge is -2.12. The number of aromatic nitrogens is 2. The standard InChI is InChI=1S/C12H15N3OS/c1-3-11-14-15-12(17-11)13-8(2)9-4-6-10(16)7-5-9/h4-8,16H,3H2,1-2H3,(H,13,15). The van der Waals surface area contributed by atoms with Crippen LogP contribution in [0.15, 0.2) is 24.3 Å². The maximum atomic E-state index is 9.22. The van der Waals surface area contributed by atoms with Gasteiger partial charge in [0.25, 0.3) is 0 Å². The van der Waals surface area contributed by atoms with Crippen LogP contribution >= 0.6 is 11.3 Å². The van der Waals surface area contributed by atoms with Crippen molar-refractivity contribution in [2.75, 3.05) is 5.32 Å². The molecule has 0 saturated carbocycles. The Morgan fingerprint density at radius 1 is 1.29 bits per heavy atom. The average Bonchev–Trinajstić information content (AvgIpc) is 2.77. The van der Waals surface area contributed by atoms with Gasteiger partial charge in [0.05, 0.1) is 6.04 Å². The summed E-state index contributed by atoms with van der Waals surface area (Å²) in [6, 6.07) is 7.31. The smallest absolute Gasteiger partial charge is 0.206 e. The third-order valence-corrected chi connectivity index (χ3v) is 3.50. The topological polar surface area (TPSA) is 58.0 Å². The van der Waals surface area contributed by atoms with Crippen molar-refractivity contribution in [2.24, 2.45) is 0 Å². The van der Waals surface area contributed by atoms with Crippen LogP contribution in [0.5, 0.6) is 5.75 Å². The summed E-state index contributed by atoms with van der Waals surface area (Å²) in [5, 5.41) is 22.5. The van der Waals surface area contributed by atoms with Crippen LogP contribution in [0.3, 0.4) is 0 Å². The molecule has 0 spiro atoms. The molecule has 0 radical (unpaired) electrons. The highest BCUT2D eigenvalue weighted by molar-refractivity contribution is 7.15. The quantitative estimate of drug-likeness (QED) is 0.874. The molecule has 2 N–H and O–H groups in total. The maximum Gasteiger partial charge on any atom is 0.206 e. The number of anilines is 1. The number of nitrogens with one attached hydrogen (secondary N) is 1. The van der Waals surface area contributed by atoms with Gasteiger partial charge in [0.1, 0.15) is 10.8 Å². The normalized spacial score (nSPS) is 12.4. The Kier molecular flexibility index (Phi) is 3.58. The monoisotopic (exact) mass is 249 g/mol. The van der Waals surface area contributed by atoms with Crippen molar-refractivity contribution in [3.05, 3.63) is 34.8 Å². The van der Waals surface area contributed by atoms with Crippen LogP contribution in [0.4, 0.5) is 5.13 Å². The molecule has 0 aliphatic rings. The molecule has 0 aliphatic carbocycles. The Morgan fingerprint density at radius 2 is 2.00 bits per heavy atom. The number of phenols is 1. The van der Waals surface area contributed by atoms with E-state index in [1.807, 2.05) is 12.1 Å². The van der Waals surface area contributed by atoms with E-state index in [2.05, 4.69) is 29.4 Å². The van der Waals surface area contributed by atoms with E-state index in [1.54, 1.807) is 23.5 Å². The van der Waals surface area contributed by atoms with Crippen molar-refractivity contribution in [2.45, 2.75) is 26.3 Å². The summed E-state index contributed by atoms with van der Waals surface area (Å²) in [5.41, 5.74) is 1.11. The molecule has 0 aliphatic heterocycles. The molecule has 1 heterocycles. The second-order valence-electron chi connectivity index (χ2n) is 3.81. The summed E-state index contributed by atoms with van der Waals surface area (Å²) in [6.07, 6.45) is 0.910. The fourth-order valence-corrected chi connectivity index (χ4v) is 2.25. The van der Waals surface area contributed by atoms with Gasteiger partial charge >= 0.3 is 0 Å². The van der Waals surface area contributed by atoms with Gasteiger partial charge in [0.2, 0.25) is 5.13 Å². The lowest BCUT2D eigenvalue weighted by molar-refractivity contribution is 0.475. The molecule has 0 fully saturated rings. The van der Waals surface area contributed by atoms with E-state index >= 15 is 0 Å². The van der Waals surface area contributed by atoms with E-state index in [-0.39, 0.29) is 11.8 Å². The van der Waals surface area contributed by atoms with Gasteiger partial charge in [0, 0.05) is 0 Å². The van der Waals surface area contributed by atoms with Crippen LogP contribution in [-0.4, -0.2) is 15.3 Å². The first-order valence-electron chi connectivity index (χ1n) is 5.57. The van der Waals surface area contributed by atoms with Gasteiger partial charge in [-0.25, -0.2) is 0 Å². The highest BCUT2D eigenvalue weighted by Crippen LogP contribution is 2.23. The first kappa shape index (κ1) is 11.9. The van der Waals surface area contributed by atoms with Crippen LogP contribution < -0.4 is 5.32 Å². The summed E-state index contributed by atoms with van der Waals surface area (Å²) in [4.78, 5) is 0. The largest absolute Gasteiger partial charge is 0.508 e. The summed E-state index contributed by atoms with van der Waals surface area (Å²) in [5.74, 6) is 0.283. The van der Waals surface area contributed by atoms with E-state index in [4.69, 9.17) is 0 Å². The van der Waals surface area contributed by atoms with Crippen LogP contribution in [0.2, 0.25) is 0 Å². The molecule has 2 aromatic rings. The lowest BCUT2D eigenvalue weighted by Crippen LogP contribution is -2.05. The van der Waals surface area contributed by atoms with E-state index in [0.717, 1.165) is 22.1 Å². The number of phenolic OH excluding ortho intramolecular Hbond substituents is 1. The zero-order valence-electron chi connectivity index (χ0n) is 9.84. The minimum absolute atomic E-state index is 0.147. The fraction of sp³-hybridized carbons (Fsp3) is 0.333. The number of aromatic hydroxyl groups is 1. The molecule has 1 aromatic heterocycles. The molecule has 2 rings (SSSR count). The Morgan fingerprint density at radius 3 is 2.59 bits per heavy atom. The van der Waals surface area contributed by atoms with Crippen molar-refractivity contribution in [1.82, 2.24) is 10.2 Å². The second-order valence-corrected chi connectivity index (χ2v) is 4.87. The SMILES string of the molecule is CCc1nnc(NC(C)c2ccc(O)cc2)s1. The van der Waals surface area contributed by atoms with Crippen molar-refractivity contribution >= 4 is 16.5 Å². The summed E-state index contributed by atoms with van der Waals surface area (Å²) in [7, 11) is 0. The van der Waals surface area contributed by atoms with E-state index in [0.29, 0.717) is 0 Å². The summed E-state index contributed by atoms with van der Waals surface area (Å²) in [6.45, 7) is 4.12. The van der Waals surface area contributed by atoms with Gasteiger partial charge in [-0.1, -0.05) is 30.4 Å². The third-order valence-electron chi connectivity index (χ3n) is 2.50. The second kappa shape index (κ2) is 5.14. The van der Waals surface area contributed by atoms with Gasteiger partial charge in [-0.05, 0) is 31.0 Å². The van der Waals surface area contributed by atoms with Gasteiger partial charge in [0.15, 0.2) is 0 Å². The Labute approximate surface area is 104 Å². The van der Waals surface area contributed by atoms with Crippen molar-refractivity contribution in [3.8, 4) is 5.75 Å². The van der Waals surface area contributed by atoms with Gasteiger partial charge in [-0.3, -0.25) is 0 Å². The summed E-state index contributed by atoms with van der Waals surface area (Å²) >= 11 is 1.58. The van der Waals surface area contributed by atoms with E-state index in [1.165, 1.54) is 0 Å². The van der Waals surface area contributed by atoms with Gasteiger partial charge in [-0.2, -0.15) is 0 Å². The molecule has 1 atom stereocenters. The first-order chi connectivity index (χ1) is 8.19. The average molecular weight is 249 g/mol. The number of hydrogen-bond donors (Lipinski definition) is 2. The summed E-state index contributed by atoms with van der Waals surface area (Å²) < 4.78 is 0. The van der Waals surface area contributed by atoms with E-state index < -0.39 is 0 Å². The lowest BCUT2D eigenvalue weighted by atomic mass is 10.1. The molecule has 1 aromatic carbocycles. The molecule has 0 bridgehead atoms. The van der Waals surface area contributed by atoms with Gasteiger partial charge in [-0.15, -0.1) is 10.2 Å². The number of hydrogen-bond acceptors (Lipinski definition) is 5. The minimum Gasteiger partial charge on any atom is -0.508 e. The third kappa shape index (κ3) is 2.94. The maximum absolute atomic E-state index is 9.22. The zero-order chi connectivity index (χ0) is 12.3. The van der Waals surface area contributed by atoms with Crippen molar-refractivity contribution in [1.29, 1.82) is 0 Å². The Bertz CT molecular complexity index is 481. The fourth-order valence-electron chi connectivity index (χ4n) is 1.49. The Balaban J connectivity index is 2.05. The molecule has 0 amide bonds. The predicted molar refractivity (Wildman–Crippen MR) is 69.4 cm³/mol. The molecule has 90 valence electrons. The van der Waals surface area contributed by atoms with Crippen LogP contribution in [0, 0.1) is 0 Å². The highest BCUT2D eigenvalue weighted by atomic mass is 32.1. The van der Waals surface area contributed by atoms with Crippen LogP contribution in [-0.2, 0) is 6.42 Å². The van der Waals surface area contributed by atoms with Gasteiger partial charge < -0.3 is 10.4 Å². The number of rotatable bonds is 4. The first-order valence-corrected chi connectivity index (χ1v) is 6.38. The number of aryl methyl sites for hydroxylation is 1.